The van der Waals surface area contributed by atoms with Crippen LogP contribution in [0.15, 0.2) is 4.99 Å². The van der Waals surface area contributed by atoms with E-state index >= 15 is 0 Å². The van der Waals surface area contributed by atoms with Gasteiger partial charge in [-0.2, -0.15) is 0 Å². The number of hydrogen-bond donors (Lipinski definition) is 3. The molecule has 2 saturated carbocycles. The van der Waals surface area contributed by atoms with Crippen molar-refractivity contribution in [3.8, 4) is 0 Å². The molecule has 3 fully saturated rings. The van der Waals surface area contributed by atoms with Gasteiger partial charge in [0.25, 0.3) is 0 Å². The van der Waals surface area contributed by atoms with Crippen LogP contribution in [0.4, 0.5) is 0 Å². The molecule has 6 heteroatoms. The van der Waals surface area contributed by atoms with Gasteiger partial charge in [0.2, 0.25) is 0 Å². The van der Waals surface area contributed by atoms with E-state index in [0.717, 1.165) is 18.5 Å². The van der Waals surface area contributed by atoms with Crippen molar-refractivity contribution in [3.63, 3.8) is 0 Å². The summed E-state index contributed by atoms with van der Waals surface area (Å²) in [5.41, 5.74) is 0. The number of nitrogens with one attached hydrogen (secondary N) is 2. The second-order valence-corrected chi connectivity index (χ2v) is 7.83. The zero-order valence-electron chi connectivity index (χ0n) is 15.2. The van der Waals surface area contributed by atoms with Crippen LogP contribution < -0.4 is 10.6 Å². The van der Waals surface area contributed by atoms with E-state index in [1.165, 1.54) is 51.5 Å². The summed E-state index contributed by atoms with van der Waals surface area (Å²) in [6.07, 6.45) is 8.71. The van der Waals surface area contributed by atoms with Crippen LogP contribution in [-0.4, -0.2) is 60.8 Å². The molecule has 140 valence electrons. The van der Waals surface area contributed by atoms with Gasteiger partial charge in [0.05, 0.1) is 6.10 Å². The van der Waals surface area contributed by atoms with E-state index in [9.17, 15) is 5.11 Å². The van der Waals surface area contributed by atoms with E-state index in [1.54, 1.807) is 0 Å². The molecule has 0 aromatic carbocycles. The third-order valence-corrected chi connectivity index (χ3v) is 5.92. The van der Waals surface area contributed by atoms with Crippen molar-refractivity contribution < 1.29 is 5.11 Å². The minimum atomic E-state index is -0.252. The van der Waals surface area contributed by atoms with Crippen LogP contribution >= 0.6 is 24.0 Å². The normalized spacial score (nSPS) is 30.7. The Labute approximate surface area is 164 Å². The molecule has 0 spiro atoms. The molecule has 1 aliphatic heterocycles. The quantitative estimate of drug-likeness (QED) is 0.342. The molecule has 0 aromatic rings. The maximum absolute atomic E-state index is 10.4. The Morgan fingerprint density at radius 2 is 1.88 bits per heavy atom. The molecule has 0 radical (unpaired) electrons. The number of rotatable bonds is 5. The maximum Gasteiger partial charge on any atom is 0.191 e. The van der Waals surface area contributed by atoms with Crippen molar-refractivity contribution >= 4 is 29.9 Å². The Hall–Kier alpha value is -0.0800. The van der Waals surface area contributed by atoms with Gasteiger partial charge in [-0.25, -0.2) is 0 Å². The predicted octanol–water partition coefficient (Wildman–Crippen LogP) is 2.19. The summed E-state index contributed by atoms with van der Waals surface area (Å²) in [6, 6.07) is 1.31. The Morgan fingerprint density at radius 1 is 1.17 bits per heavy atom. The fourth-order valence-corrected chi connectivity index (χ4v) is 4.19. The number of guanidine groups is 1. The molecule has 3 unspecified atom stereocenters. The number of aliphatic imine (C=N–C) groups is 1. The van der Waals surface area contributed by atoms with Crippen molar-refractivity contribution in [2.24, 2.45) is 16.8 Å². The fraction of sp³-hybridized carbons (Fsp3) is 0.944. The second kappa shape index (κ2) is 9.57. The van der Waals surface area contributed by atoms with Crippen LogP contribution in [0.1, 0.15) is 51.9 Å². The van der Waals surface area contributed by atoms with E-state index in [2.05, 4.69) is 27.4 Å². The minimum Gasteiger partial charge on any atom is -0.391 e. The molecule has 5 nitrogen and oxygen atoms in total. The number of hydrogen-bond acceptors (Lipinski definition) is 3. The molecular weight excluding hydrogens is 415 g/mol. The van der Waals surface area contributed by atoms with Gasteiger partial charge in [0, 0.05) is 38.8 Å². The third kappa shape index (κ3) is 5.46. The first-order valence-corrected chi connectivity index (χ1v) is 9.56. The molecule has 0 aromatic heterocycles. The molecule has 3 rings (SSSR count). The smallest absolute Gasteiger partial charge is 0.191 e. The predicted molar refractivity (Wildman–Crippen MR) is 110 cm³/mol. The molecule has 1 saturated heterocycles. The highest BCUT2D eigenvalue weighted by Gasteiger charge is 2.38. The van der Waals surface area contributed by atoms with E-state index in [0.29, 0.717) is 24.4 Å². The zero-order chi connectivity index (χ0) is 16.2. The molecule has 0 bridgehead atoms. The van der Waals surface area contributed by atoms with E-state index in [-0.39, 0.29) is 30.1 Å². The fourth-order valence-electron chi connectivity index (χ4n) is 4.19. The molecule has 3 atom stereocenters. The summed E-state index contributed by atoms with van der Waals surface area (Å²) in [5, 5.41) is 17.3. The second-order valence-electron chi connectivity index (χ2n) is 7.83. The summed E-state index contributed by atoms with van der Waals surface area (Å²) in [7, 11) is 1.82. The molecule has 2 aliphatic carbocycles. The lowest BCUT2D eigenvalue weighted by Crippen LogP contribution is -2.49. The van der Waals surface area contributed by atoms with Gasteiger partial charge in [-0.1, -0.05) is 26.2 Å². The summed E-state index contributed by atoms with van der Waals surface area (Å²) in [5.74, 6) is 1.96. The van der Waals surface area contributed by atoms with E-state index < -0.39 is 0 Å². The van der Waals surface area contributed by atoms with Crippen molar-refractivity contribution in [2.45, 2.75) is 70.1 Å². The number of aliphatic hydroxyl groups excluding tert-OH is 1. The van der Waals surface area contributed by atoms with Crippen molar-refractivity contribution in [3.05, 3.63) is 0 Å². The number of likely N-dealkylation sites (tertiary alicyclic amines) is 1. The lowest BCUT2D eigenvalue weighted by molar-refractivity contribution is 0.0879. The van der Waals surface area contributed by atoms with Crippen LogP contribution in [0.25, 0.3) is 0 Å². The van der Waals surface area contributed by atoms with Crippen molar-refractivity contribution in [2.75, 3.05) is 26.7 Å². The Balaban J connectivity index is 0.00000208. The van der Waals surface area contributed by atoms with Gasteiger partial charge in [-0.05, 0) is 37.5 Å². The van der Waals surface area contributed by atoms with Crippen LogP contribution in [0.3, 0.4) is 0 Å². The number of halogens is 1. The molecule has 0 amide bonds. The first kappa shape index (κ1) is 20.2. The lowest BCUT2D eigenvalue weighted by Gasteiger charge is -2.28. The van der Waals surface area contributed by atoms with Gasteiger partial charge in [-0.15, -0.1) is 24.0 Å². The Bertz CT molecular complexity index is 410. The number of nitrogens with zero attached hydrogens (tertiary/aromatic N) is 2. The molecule has 3 aliphatic rings. The van der Waals surface area contributed by atoms with Gasteiger partial charge in [0.1, 0.15) is 0 Å². The average Bonchev–Trinajstić information content (AvgIpc) is 3.36. The molecular formula is C18H35IN4O. The van der Waals surface area contributed by atoms with Crippen LogP contribution in [0, 0.1) is 11.8 Å². The monoisotopic (exact) mass is 450 g/mol. The highest BCUT2D eigenvalue weighted by Crippen LogP contribution is 2.31. The first-order valence-electron chi connectivity index (χ1n) is 9.56. The van der Waals surface area contributed by atoms with Gasteiger partial charge in [0.15, 0.2) is 5.96 Å². The van der Waals surface area contributed by atoms with Crippen molar-refractivity contribution in [1.82, 2.24) is 15.5 Å². The summed E-state index contributed by atoms with van der Waals surface area (Å²) in [4.78, 5) is 6.97. The summed E-state index contributed by atoms with van der Waals surface area (Å²) in [6.45, 7) is 5.25. The summed E-state index contributed by atoms with van der Waals surface area (Å²) < 4.78 is 0. The van der Waals surface area contributed by atoms with Crippen LogP contribution in [-0.2, 0) is 0 Å². The van der Waals surface area contributed by atoms with Gasteiger partial charge >= 0.3 is 0 Å². The number of aliphatic hydroxyl groups is 1. The lowest BCUT2D eigenvalue weighted by atomic mass is 9.85. The van der Waals surface area contributed by atoms with Crippen LogP contribution in [0.5, 0.6) is 0 Å². The largest absolute Gasteiger partial charge is 0.391 e. The van der Waals surface area contributed by atoms with Crippen molar-refractivity contribution in [1.29, 1.82) is 0 Å². The zero-order valence-corrected chi connectivity index (χ0v) is 17.5. The molecule has 3 N–H and O–H groups in total. The van der Waals surface area contributed by atoms with Crippen LogP contribution in [0.2, 0.25) is 0 Å². The average molecular weight is 450 g/mol. The van der Waals surface area contributed by atoms with Gasteiger partial charge < -0.3 is 15.7 Å². The maximum atomic E-state index is 10.4. The van der Waals surface area contributed by atoms with E-state index in [1.807, 2.05) is 7.05 Å². The Morgan fingerprint density at radius 3 is 2.50 bits per heavy atom. The minimum absolute atomic E-state index is 0. The first-order chi connectivity index (χ1) is 11.2. The highest BCUT2D eigenvalue weighted by atomic mass is 127. The topological polar surface area (TPSA) is 59.9 Å². The SMILES string of the molecule is CN=C(NCC(O)C1CCCCC1)NC1CN(C2CC2)CC1C.I. The molecule has 24 heavy (non-hydrogen) atoms. The third-order valence-electron chi connectivity index (χ3n) is 5.92. The van der Waals surface area contributed by atoms with E-state index in [4.69, 9.17) is 0 Å². The standard InChI is InChI=1S/C18H34N4O.HI/c1-13-11-22(15-8-9-15)12-16(13)21-18(19-2)20-10-17(23)14-6-4-3-5-7-14;/h13-17,23H,3-12H2,1-2H3,(H2,19,20,21);1H. The highest BCUT2D eigenvalue weighted by molar-refractivity contribution is 14.0. The summed E-state index contributed by atoms with van der Waals surface area (Å²) >= 11 is 0. The molecule has 1 heterocycles. The Kier molecular flexibility index (Phi) is 8.07. The van der Waals surface area contributed by atoms with Gasteiger partial charge in [-0.3, -0.25) is 9.89 Å².